The van der Waals surface area contributed by atoms with Crippen LogP contribution >= 0.6 is 35.0 Å². The average Bonchev–Trinajstić information content (AvgIpc) is 3.23. The number of halogens is 2. The number of methoxy groups -OCH3 is 1. The molecule has 29 heavy (non-hydrogen) atoms. The molecule has 0 saturated heterocycles. The maximum absolute atomic E-state index is 12.2. The van der Waals surface area contributed by atoms with Crippen LogP contribution in [-0.4, -0.2) is 19.2 Å². The molecule has 1 N–H and O–H groups in total. The van der Waals surface area contributed by atoms with Crippen molar-refractivity contribution in [3.63, 3.8) is 0 Å². The van der Waals surface area contributed by atoms with E-state index < -0.39 is 0 Å². The van der Waals surface area contributed by atoms with E-state index in [2.05, 4.69) is 10.5 Å². The summed E-state index contributed by atoms with van der Waals surface area (Å²) in [6, 6.07) is 14.2. The van der Waals surface area contributed by atoms with Gasteiger partial charge in [0.1, 0.15) is 11.5 Å². The van der Waals surface area contributed by atoms with Crippen molar-refractivity contribution in [2.24, 2.45) is 5.10 Å². The van der Waals surface area contributed by atoms with Crippen LogP contribution in [0.5, 0.6) is 5.75 Å². The number of nitrogens with one attached hydrogen (secondary N) is 1. The number of rotatable bonds is 8. The Labute approximate surface area is 183 Å². The van der Waals surface area contributed by atoms with Crippen LogP contribution in [0.15, 0.2) is 64.3 Å². The van der Waals surface area contributed by atoms with Crippen molar-refractivity contribution in [3.05, 3.63) is 87.3 Å². The summed E-state index contributed by atoms with van der Waals surface area (Å²) in [7, 11) is 1.64. The highest BCUT2D eigenvalue weighted by Crippen LogP contribution is 2.26. The Hall–Kier alpha value is -2.41. The maximum Gasteiger partial charge on any atom is 0.271 e. The third-order valence-corrected chi connectivity index (χ3v) is 5.69. The van der Waals surface area contributed by atoms with Gasteiger partial charge >= 0.3 is 0 Å². The summed E-state index contributed by atoms with van der Waals surface area (Å²) in [4.78, 5) is 12.2. The fourth-order valence-corrected chi connectivity index (χ4v) is 3.73. The second-order valence-electron chi connectivity index (χ2n) is 5.97. The minimum absolute atomic E-state index is 0.315. The molecule has 3 rings (SSSR count). The molecule has 150 valence electrons. The van der Waals surface area contributed by atoms with Gasteiger partial charge in [0.15, 0.2) is 0 Å². The van der Waals surface area contributed by atoms with Crippen molar-refractivity contribution in [1.82, 2.24) is 5.43 Å². The number of benzene rings is 2. The Morgan fingerprint density at radius 1 is 1.17 bits per heavy atom. The van der Waals surface area contributed by atoms with E-state index in [1.807, 2.05) is 30.3 Å². The smallest absolute Gasteiger partial charge is 0.271 e. The first kappa shape index (κ1) is 21.3. The second kappa shape index (κ2) is 10.4. The van der Waals surface area contributed by atoms with Gasteiger partial charge in [-0.05, 0) is 54.1 Å². The molecule has 0 saturated carbocycles. The SMILES string of the molecule is COc1ccc(C=NNC(=O)c2ccc(Cl)c(Cl)c2)cc1CSCc1ccco1. The maximum atomic E-state index is 12.2. The van der Waals surface area contributed by atoms with Gasteiger partial charge in [-0.3, -0.25) is 4.79 Å². The van der Waals surface area contributed by atoms with Crippen molar-refractivity contribution in [2.45, 2.75) is 11.5 Å². The first-order valence-electron chi connectivity index (χ1n) is 8.62. The molecule has 0 fully saturated rings. The van der Waals surface area contributed by atoms with Gasteiger partial charge in [-0.1, -0.05) is 23.2 Å². The van der Waals surface area contributed by atoms with Crippen LogP contribution in [0.3, 0.4) is 0 Å². The number of hydrogen-bond acceptors (Lipinski definition) is 5. The molecular formula is C21H18Cl2N2O3S. The molecule has 0 spiro atoms. The minimum atomic E-state index is -0.373. The molecule has 8 heteroatoms. The summed E-state index contributed by atoms with van der Waals surface area (Å²) in [5, 5.41) is 4.73. The Kier molecular flexibility index (Phi) is 7.63. The molecule has 0 radical (unpaired) electrons. The summed E-state index contributed by atoms with van der Waals surface area (Å²) >= 11 is 13.5. The number of hydrazone groups is 1. The number of carbonyl (C=O) groups is 1. The van der Waals surface area contributed by atoms with Crippen LogP contribution in [0.1, 0.15) is 27.2 Å². The minimum Gasteiger partial charge on any atom is -0.496 e. The molecule has 5 nitrogen and oxygen atoms in total. The van der Waals surface area contributed by atoms with Crippen molar-refractivity contribution < 1.29 is 13.9 Å². The first-order chi connectivity index (χ1) is 14.1. The highest BCUT2D eigenvalue weighted by molar-refractivity contribution is 7.97. The zero-order chi connectivity index (χ0) is 20.6. The third-order valence-electron chi connectivity index (χ3n) is 3.95. The molecule has 0 atom stereocenters. The van der Waals surface area contributed by atoms with Gasteiger partial charge in [0.25, 0.3) is 5.91 Å². The Balaban J connectivity index is 1.62. The largest absolute Gasteiger partial charge is 0.496 e. The zero-order valence-corrected chi connectivity index (χ0v) is 17.9. The molecule has 1 heterocycles. The summed E-state index contributed by atoms with van der Waals surface area (Å²) in [5.74, 6) is 2.88. The molecule has 0 aliphatic heterocycles. The topological polar surface area (TPSA) is 63.8 Å². The Morgan fingerprint density at radius 2 is 2.03 bits per heavy atom. The monoisotopic (exact) mass is 448 g/mol. The van der Waals surface area contributed by atoms with Gasteiger partial charge < -0.3 is 9.15 Å². The number of thioether (sulfide) groups is 1. The summed E-state index contributed by atoms with van der Waals surface area (Å²) < 4.78 is 10.8. The standard InChI is InChI=1S/C21H18Cl2N2O3S/c1-27-20-7-4-14(9-16(20)12-29-13-17-3-2-8-28-17)11-24-25-21(26)15-5-6-18(22)19(23)10-15/h2-11H,12-13H2,1H3,(H,25,26). The second-order valence-corrected chi connectivity index (χ2v) is 7.77. The van der Waals surface area contributed by atoms with E-state index in [4.69, 9.17) is 32.4 Å². The van der Waals surface area contributed by atoms with E-state index in [-0.39, 0.29) is 5.91 Å². The fourth-order valence-electron chi connectivity index (χ4n) is 2.52. The highest BCUT2D eigenvalue weighted by Gasteiger charge is 2.08. The van der Waals surface area contributed by atoms with E-state index in [1.165, 1.54) is 6.07 Å². The van der Waals surface area contributed by atoms with Crippen LogP contribution in [0.4, 0.5) is 0 Å². The third kappa shape index (κ3) is 6.03. The van der Waals surface area contributed by atoms with E-state index in [1.54, 1.807) is 43.5 Å². The lowest BCUT2D eigenvalue weighted by atomic mass is 10.1. The van der Waals surface area contributed by atoms with Crippen molar-refractivity contribution in [2.75, 3.05) is 7.11 Å². The van der Waals surface area contributed by atoms with E-state index >= 15 is 0 Å². The van der Waals surface area contributed by atoms with Crippen molar-refractivity contribution in [1.29, 1.82) is 0 Å². The van der Waals surface area contributed by atoms with Gasteiger partial charge in [-0.25, -0.2) is 5.43 Å². The quantitative estimate of drug-likeness (QED) is 0.349. The van der Waals surface area contributed by atoms with Gasteiger partial charge in [-0.15, -0.1) is 11.8 Å². The van der Waals surface area contributed by atoms with Crippen LogP contribution in [-0.2, 0) is 11.5 Å². The predicted molar refractivity (Wildman–Crippen MR) is 118 cm³/mol. The van der Waals surface area contributed by atoms with Crippen molar-refractivity contribution >= 4 is 47.1 Å². The van der Waals surface area contributed by atoms with E-state index in [0.717, 1.165) is 34.1 Å². The number of furan rings is 1. The lowest BCUT2D eigenvalue weighted by molar-refractivity contribution is 0.0955. The molecule has 0 aliphatic rings. The highest BCUT2D eigenvalue weighted by atomic mass is 35.5. The lowest BCUT2D eigenvalue weighted by Gasteiger charge is -2.09. The van der Waals surface area contributed by atoms with Gasteiger partial charge in [0, 0.05) is 16.9 Å². The number of amides is 1. The number of ether oxygens (including phenoxy) is 1. The van der Waals surface area contributed by atoms with E-state index in [0.29, 0.717) is 15.6 Å². The molecule has 1 amide bonds. The van der Waals surface area contributed by atoms with Gasteiger partial charge in [0.05, 0.1) is 35.4 Å². The van der Waals surface area contributed by atoms with Gasteiger partial charge in [-0.2, -0.15) is 5.10 Å². The first-order valence-corrected chi connectivity index (χ1v) is 10.5. The Bertz CT molecular complexity index is 1010. The molecule has 0 unspecified atom stereocenters. The molecule has 0 bridgehead atoms. The molecular weight excluding hydrogens is 431 g/mol. The van der Waals surface area contributed by atoms with Crippen LogP contribution in [0, 0.1) is 0 Å². The summed E-state index contributed by atoms with van der Waals surface area (Å²) in [6.07, 6.45) is 3.25. The number of nitrogens with zero attached hydrogens (tertiary/aromatic N) is 1. The summed E-state index contributed by atoms with van der Waals surface area (Å²) in [5.41, 5.74) is 4.73. The number of hydrogen-bond donors (Lipinski definition) is 1. The van der Waals surface area contributed by atoms with Crippen LogP contribution < -0.4 is 10.2 Å². The van der Waals surface area contributed by atoms with Gasteiger partial charge in [0.2, 0.25) is 0 Å². The van der Waals surface area contributed by atoms with Crippen LogP contribution in [0.2, 0.25) is 10.0 Å². The molecule has 2 aromatic carbocycles. The predicted octanol–water partition coefficient (Wildman–Crippen LogP) is 5.79. The molecule has 0 aliphatic carbocycles. The molecule has 1 aromatic heterocycles. The lowest BCUT2D eigenvalue weighted by Crippen LogP contribution is -2.17. The van der Waals surface area contributed by atoms with E-state index in [9.17, 15) is 4.79 Å². The van der Waals surface area contributed by atoms with Crippen LogP contribution in [0.25, 0.3) is 0 Å². The fraction of sp³-hybridized carbons (Fsp3) is 0.143. The number of carbonyl (C=O) groups excluding carboxylic acids is 1. The summed E-state index contributed by atoms with van der Waals surface area (Å²) in [6.45, 7) is 0. The molecule has 3 aromatic rings. The van der Waals surface area contributed by atoms with Crippen molar-refractivity contribution in [3.8, 4) is 5.75 Å². The normalized spacial score (nSPS) is 11.0. The zero-order valence-electron chi connectivity index (χ0n) is 15.5. The Morgan fingerprint density at radius 3 is 2.76 bits per heavy atom. The average molecular weight is 449 g/mol.